The summed E-state index contributed by atoms with van der Waals surface area (Å²) in [5, 5.41) is 0. The summed E-state index contributed by atoms with van der Waals surface area (Å²) in [6.07, 6.45) is 0. The Labute approximate surface area is 124 Å². The molecule has 0 saturated heterocycles. The molecule has 7 nitrogen and oxygen atoms in total. The van der Waals surface area contributed by atoms with Gasteiger partial charge in [0.25, 0.3) is 0 Å². The molecule has 0 aliphatic heterocycles. The van der Waals surface area contributed by atoms with Crippen molar-refractivity contribution in [3.8, 4) is 5.75 Å². The Bertz CT molecular complexity index is 587. The molecule has 0 heterocycles. The number of carbonyl (C=O) groups is 1. The summed E-state index contributed by atoms with van der Waals surface area (Å²) >= 11 is 0. The van der Waals surface area contributed by atoms with E-state index in [1.54, 1.807) is 38.1 Å². The molecule has 4 N–H and O–H groups in total. The maximum atomic E-state index is 12.2. The molecule has 1 aromatic carbocycles. The van der Waals surface area contributed by atoms with Gasteiger partial charge in [0.15, 0.2) is 0 Å². The zero-order valence-corrected chi connectivity index (χ0v) is 13.0. The van der Waals surface area contributed by atoms with Crippen molar-refractivity contribution < 1.29 is 17.9 Å². The number of nitrogens with zero attached hydrogens (tertiary/aromatic N) is 1. The smallest absolute Gasteiger partial charge is 0.232 e. The second-order valence-corrected chi connectivity index (χ2v) is 6.88. The Hall–Kier alpha value is -1.80. The van der Waals surface area contributed by atoms with Gasteiger partial charge in [0.2, 0.25) is 15.9 Å². The lowest BCUT2D eigenvalue weighted by atomic mass is 10.3. The first-order valence-electron chi connectivity index (χ1n) is 6.48. The molecule has 0 saturated carbocycles. The fourth-order valence-corrected chi connectivity index (χ4v) is 3.24. The number of ether oxygens (including phenoxy) is 1. The van der Waals surface area contributed by atoms with Crippen LogP contribution in [0, 0.1) is 0 Å². The number of anilines is 1. The largest absolute Gasteiger partial charge is 0.492 e. The molecule has 0 aromatic heterocycles. The molecular weight excluding hydrogens is 294 g/mol. The average Bonchev–Trinajstić information content (AvgIpc) is 2.35. The molecule has 0 radical (unpaired) electrons. The van der Waals surface area contributed by atoms with Crippen LogP contribution in [0.2, 0.25) is 0 Å². The number of rotatable bonds is 8. The zero-order chi connectivity index (χ0) is 16.0. The van der Waals surface area contributed by atoms with E-state index in [-0.39, 0.29) is 24.9 Å². The number of hydrogen-bond donors (Lipinski definition) is 2. The second kappa shape index (κ2) is 7.28. The van der Waals surface area contributed by atoms with Gasteiger partial charge >= 0.3 is 0 Å². The lowest BCUT2D eigenvalue weighted by molar-refractivity contribution is -0.118. The van der Waals surface area contributed by atoms with Crippen LogP contribution in [-0.4, -0.2) is 43.6 Å². The third-order valence-corrected chi connectivity index (χ3v) is 4.66. The van der Waals surface area contributed by atoms with E-state index < -0.39 is 15.9 Å². The number of carbonyl (C=O) groups excluding carboxylic acids is 1. The fraction of sp³-hybridized carbons (Fsp3) is 0.462. The van der Waals surface area contributed by atoms with E-state index in [4.69, 9.17) is 16.2 Å². The molecule has 1 rings (SSSR count). The molecule has 21 heavy (non-hydrogen) atoms. The van der Waals surface area contributed by atoms with Gasteiger partial charge in [-0.05, 0) is 26.0 Å². The predicted octanol–water partition coefficient (Wildman–Crippen LogP) is 0.173. The molecule has 0 atom stereocenters. The van der Waals surface area contributed by atoms with Gasteiger partial charge in [-0.3, -0.25) is 4.79 Å². The van der Waals surface area contributed by atoms with Gasteiger partial charge in [0.1, 0.15) is 12.4 Å². The Morgan fingerprint density at radius 1 is 1.38 bits per heavy atom. The van der Waals surface area contributed by atoms with Crippen molar-refractivity contribution >= 4 is 21.6 Å². The van der Waals surface area contributed by atoms with E-state index in [0.29, 0.717) is 11.4 Å². The molecule has 0 unspecified atom stereocenters. The topological polar surface area (TPSA) is 116 Å². The molecule has 0 fully saturated rings. The SMILES string of the molecule is CC(C)N(CC(N)=O)S(=O)(=O)CCOc1cccc(N)c1. The number of hydrogen-bond acceptors (Lipinski definition) is 5. The van der Waals surface area contributed by atoms with Gasteiger partial charge in [-0.2, -0.15) is 4.31 Å². The first kappa shape index (κ1) is 17.3. The van der Waals surface area contributed by atoms with Crippen LogP contribution in [0.1, 0.15) is 13.8 Å². The van der Waals surface area contributed by atoms with E-state index in [0.717, 1.165) is 4.31 Å². The molecule has 0 spiro atoms. The number of primary amides is 1. The van der Waals surface area contributed by atoms with Crippen LogP contribution in [0.25, 0.3) is 0 Å². The summed E-state index contributed by atoms with van der Waals surface area (Å²) in [5.41, 5.74) is 11.2. The number of amides is 1. The number of nitrogens with two attached hydrogens (primary N) is 2. The molecule has 0 aliphatic carbocycles. The molecule has 0 aliphatic rings. The van der Waals surface area contributed by atoms with Gasteiger partial charge in [0, 0.05) is 17.8 Å². The summed E-state index contributed by atoms with van der Waals surface area (Å²) < 4.78 is 30.8. The minimum Gasteiger partial charge on any atom is -0.492 e. The van der Waals surface area contributed by atoms with Crippen LogP contribution < -0.4 is 16.2 Å². The van der Waals surface area contributed by atoms with Crippen molar-refractivity contribution in [3.63, 3.8) is 0 Å². The number of sulfonamides is 1. The highest BCUT2D eigenvalue weighted by Gasteiger charge is 2.26. The summed E-state index contributed by atoms with van der Waals surface area (Å²) in [6.45, 7) is 2.99. The van der Waals surface area contributed by atoms with Gasteiger partial charge in [-0.15, -0.1) is 0 Å². The second-order valence-electron chi connectivity index (χ2n) is 4.84. The molecule has 0 bridgehead atoms. The highest BCUT2D eigenvalue weighted by atomic mass is 32.2. The average molecular weight is 315 g/mol. The summed E-state index contributed by atoms with van der Waals surface area (Å²) in [4.78, 5) is 11.0. The molecular formula is C13H21N3O4S. The van der Waals surface area contributed by atoms with Gasteiger partial charge < -0.3 is 16.2 Å². The van der Waals surface area contributed by atoms with Gasteiger partial charge in [-0.25, -0.2) is 8.42 Å². The monoisotopic (exact) mass is 315 g/mol. The molecule has 1 aromatic rings. The van der Waals surface area contributed by atoms with Crippen LogP contribution in [0.3, 0.4) is 0 Å². The summed E-state index contributed by atoms with van der Waals surface area (Å²) in [7, 11) is -3.62. The summed E-state index contributed by atoms with van der Waals surface area (Å²) in [5.74, 6) is -0.437. The zero-order valence-electron chi connectivity index (χ0n) is 12.2. The maximum Gasteiger partial charge on any atom is 0.232 e. The predicted molar refractivity (Wildman–Crippen MR) is 81.2 cm³/mol. The van der Waals surface area contributed by atoms with E-state index in [1.807, 2.05) is 0 Å². The Kier molecular flexibility index (Phi) is 5.98. The minimum absolute atomic E-state index is 0.0340. The highest BCUT2D eigenvalue weighted by Crippen LogP contribution is 2.15. The Morgan fingerprint density at radius 2 is 2.05 bits per heavy atom. The standard InChI is InChI=1S/C13H21N3O4S/c1-10(2)16(9-13(15)17)21(18,19)7-6-20-12-5-3-4-11(14)8-12/h3-5,8,10H,6-7,9,14H2,1-2H3,(H2,15,17). The third kappa shape index (κ3) is 5.60. The van der Waals surface area contributed by atoms with Crippen LogP contribution in [0.4, 0.5) is 5.69 Å². The van der Waals surface area contributed by atoms with E-state index in [2.05, 4.69) is 0 Å². The van der Waals surface area contributed by atoms with Gasteiger partial charge in [0.05, 0.1) is 12.3 Å². The van der Waals surface area contributed by atoms with Crippen molar-refractivity contribution in [2.24, 2.45) is 5.73 Å². The Balaban J connectivity index is 2.64. The first-order valence-corrected chi connectivity index (χ1v) is 8.09. The van der Waals surface area contributed by atoms with E-state index in [1.165, 1.54) is 0 Å². The molecule has 118 valence electrons. The van der Waals surface area contributed by atoms with Crippen molar-refractivity contribution in [1.29, 1.82) is 0 Å². The van der Waals surface area contributed by atoms with Crippen LogP contribution in [-0.2, 0) is 14.8 Å². The number of nitrogen functional groups attached to an aromatic ring is 1. The quantitative estimate of drug-likeness (QED) is 0.664. The maximum absolute atomic E-state index is 12.2. The first-order chi connectivity index (χ1) is 9.72. The number of benzene rings is 1. The minimum atomic E-state index is -3.62. The van der Waals surface area contributed by atoms with Crippen LogP contribution in [0.5, 0.6) is 5.75 Å². The van der Waals surface area contributed by atoms with Crippen LogP contribution >= 0.6 is 0 Å². The van der Waals surface area contributed by atoms with Crippen LogP contribution in [0.15, 0.2) is 24.3 Å². The highest BCUT2D eigenvalue weighted by molar-refractivity contribution is 7.89. The van der Waals surface area contributed by atoms with Crippen molar-refractivity contribution in [1.82, 2.24) is 4.31 Å². The van der Waals surface area contributed by atoms with Crippen molar-refractivity contribution in [2.45, 2.75) is 19.9 Å². The summed E-state index contributed by atoms with van der Waals surface area (Å²) in [6, 6.07) is 6.36. The van der Waals surface area contributed by atoms with Gasteiger partial charge in [-0.1, -0.05) is 6.07 Å². The Morgan fingerprint density at radius 3 is 2.57 bits per heavy atom. The van der Waals surface area contributed by atoms with E-state index in [9.17, 15) is 13.2 Å². The lowest BCUT2D eigenvalue weighted by Crippen LogP contribution is -2.44. The lowest BCUT2D eigenvalue weighted by Gasteiger charge is -2.24. The molecule has 8 heteroatoms. The van der Waals surface area contributed by atoms with Crippen molar-refractivity contribution in [2.75, 3.05) is 24.6 Å². The normalized spacial score (nSPS) is 11.8. The van der Waals surface area contributed by atoms with Crippen molar-refractivity contribution in [3.05, 3.63) is 24.3 Å². The third-order valence-electron chi connectivity index (χ3n) is 2.71. The van der Waals surface area contributed by atoms with E-state index >= 15 is 0 Å². The molecule has 1 amide bonds. The fourth-order valence-electron chi connectivity index (χ4n) is 1.74.